The first-order chi connectivity index (χ1) is 8.35. The van der Waals surface area contributed by atoms with Gasteiger partial charge < -0.3 is 5.21 Å². The molecule has 0 radical (unpaired) electrons. The normalized spacial score (nSPS) is 44.6. The van der Waals surface area contributed by atoms with Crippen LogP contribution >= 0.6 is 0 Å². The van der Waals surface area contributed by atoms with Crippen molar-refractivity contribution in [3.63, 3.8) is 0 Å². The van der Waals surface area contributed by atoms with Gasteiger partial charge in [-0.1, -0.05) is 18.5 Å². The lowest BCUT2D eigenvalue weighted by atomic mass is 9.88. The Bertz CT molecular complexity index is 315. The van der Waals surface area contributed by atoms with Crippen LogP contribution in [-0.4, -0.2) is 34.4 Å². The molecule has 3 rings (SSSR count). The number of hydrogen-bond donors (Lipinski definition) is 1. The number of oxime groups is 1. The van der Waals surface area contributed by atoms with Gasteiger partial charge in [0.15, 0.2) is 0 Å². The van der Waals surface area contributed by atoms with E-state index in [2.05, 4.69) is 17.0 Å². The second kappa shape index (κ2) is 4.60. The smallest absolute Gasteiger partial charge is 0.0775 e. The summed E-state index contributed by atoms with van der Waals surface area (Å²) in [6.07, 6.45) is 9.16. The first-order valence-corrected chi connectivity index (χ1v) is 7.32. The summed E-state index contributed by atoms with van der Waals surface area (Å²) in [5.41, 5.74) is 1.11. The minimum atomic E-state index is 0.476. The van der Waals surface area contributed by atoms with E-state index in [0.717, 1.165) is 17.7 Å². The number of piperidine rings is 1. The highest BCUT2D eigenvalue weighted by Gasteiger charge is 2.49. The molecule has 17 heavy (non-hydrogen) atoms. The van der Waals surface area contributed by atoms with E-state index >= 15 is 0 Å². The van der Waals surface area contributed by atoms with Crippen molar-refractivity contribution in [1.29, 1.82) is 0 Å². The van der Waals surface area contributed by atoms with Crippen molar-refractivity contribution in [1.82, 2.24) is 4.90 Å². The van der Waals surface area contributed by atoms with Crippen molar-refractivity contribution in [2.45, 2.75) is 64.0 Å². The molecule has 2 bridgehead atoms. The van der Waals surface area contributed by atoms with Gasteiger partial charge in [-0.2, -0.15) is 0 Å². The van der Waals surface area contributed by atoms with Gasteiger partial charge in [-0.25, -0.2) is 0 Å². The summed E-state index contributed by atoms with van der Waals surface area (Å²) in [6.45, 7) is 3.51. The second-order valence-corrected chi connectivity index (χ2v) is 6.04. The van der Waals surface area contributed by atoms with Crippen molar-refractivity contribution in [2.75, 3.05) is 6.54 Å². The second-order valence-electron chi connectivity index (χ2n) is 6.04. The van der Waals surface area contributed by atoms with Crippen molar-refractivity contribution >= 4 is 5.71 Å². The van der Waals surface area contributed by atoms with Crippen LogP contribution in [0.3, 0.4) is 0 Å². The van der Waals surface area contributed by atoms with Crippen LogP contribution in [0.25, 0.3) is 0 Å². The van der Waals surface area contributed by atoms with Gasteiger partial charge in [0.2, 0.25) is 0 Å². The molecule has 96 valence electrons. The molecule has 0 aromatic heterocycles. The summed E-state index contributed by atoms with van der Waals surface area (Å²) < 4.78 is 0. The van der Waals surface area contributed by atoms with Gasteiger partial charge in [0.25, 0.3) is 0 Å². The summed E-state index contributed by atoms with van der Waals surface area (Å²) in [5.74, 6) is 1.37. The molecule has 3 nitrogen and oxygen atoms in total. The first kappa shape index (κ1) is 11.5. The molecule has 0 spiro atoms. The predicted octanol–water partition coefficient (Wildman–Crippen LogP) is 2.88. The third kappa shape index (κ3) is 1.79. The van der Waals surface area contributed by atoms with Crippen molar-refractivity contribution in [3.05, 3.63) is 0 Å². The number of likely N-dealkylation sites (tertiary alicyclic amines) is 1. The average molecular weight is 236 g/mol. The van der Waals surface area contributed by atoms with Crippen molar-refractivity contribution < 1.29 is 5.21 Å². The van der Waals surface area contributed by atoms with Crippen LogP contribution in [0.15, 0.2) is 5.16 Å². The maximum atomic E-state index is 9.31. The van der Waals surface area contributed by atoms with E-state index in [9.17, 15) is 5.21 Å². The standard InChI is InChI=1S/C14H24N2O/c1-2-12-5-3-4-8-16(12)14-11-7-6-10(9-11)13(14)15-17/h10-12,14,17H,2-9H2,1H3/b15-13-/t10-,11-,12+,14+/m0/s1. The van der Waals surface area contributed by atoms with E-state index in [-0.39, 0.29) is 0 Å². The zero-order valence-electron chi connectivity index (χ0n) is 10.8. The lowest BCUT2D eigenvalue weighted by molar-refractivity contribution is 0.0954. The van der Waals surface area contributed by atoms with E-state index in [0.29, 0.717) is 12.0 Å². The first-order valence-electron chi connectivity index (χ1n) is 7.32. The predicted molar refractivity (Wildman–Crippen MR) is 68.5 cm³/mol. The molecule has 1 saturated heterocycles. The van der Waals surface area contributed by atoms with Crippen LogP contribution in [0.2, 0.25) is 0 Å². The van der Waals surface area contributed by atoms with Crippen LogP contribution in [0.5, 0.6) is 0 Å². The van der Waals surface area contributed by atoms with Gasteiger partial charge in [-0.15, -0.1) is 0 Å². The Morgan fingerprint density at radius 1 is 1.29 bits per heavy atom. The number of rotatable bonds is 2. The maximum Gasteiger partial charge on any atom is 0.0775 e. The molecule has 0 aromatic carbocycles. The summed E-state index contributed by atoms with van der Waals surface area (Å²) in [5, 5.41) is 13.0. The van der Waals surface area contributed by atoms with E-state index < -0.39 is 0 Å². The molecule has 1 N–H and O–H groups in total. The fourth-order valence-corrected chi connectivity index (χ4v) is 4.46. The van der Waals surface area contributed by atoms with Crippen LogP contribution in [-0.2, 0) is 0 Å². The number of fused-ring (bicyclic) bond motifs is 2. The Hall–Kier alpha value is -0.570. The Morgan fingerprint density at radius 3 is 2.94 bits per heavy atom. The molecule has 2 saturated carbocycles. The van der Waals surface area contributed by atoms with Gasteiger partial charge in [-0.3, -0.25) is 4.90 Å². The molecule has 0 unspecified atom stereocenters. The van der Waals surface area contributed by atoms with E-state index in [1.54, 1.807) is 0 Å². The number of hydrogen-bond acceptors (Lipinski definition) is 3. The Kier molecular flexibility index (Phi) is 3.12. The van der Waals surface area contributed by atoms with Gasteiger partial charge in [0.05, 0.1) is 11.8 Å². The van der Waals surface area contributed by atoms with Gasteiger partial charge in [0.1, 0.15) is 0 Å². The molecule has 0 amide bonds. The van der Waals surface area contributed by atoms with Crippen LogP contribution in [0.1, 0.15) is 51.9 Å². The largest absolute Gasteiger partial charge is 0.411 e. The SMILES string of the molecule is CC[C@@H]1CCCCN1[C@H]1/C(=N\O)[C@H]2CC[C@H]1C2. The molecular weight excluding hydrogens is 212 g/mol. The number of nitrogens with zero attached hydrogens (tertiary/aromatic N) is 2. The summed E-state index contributed by atoms with van der Waals surface area (Å²) in [7, 11) is 0. The quantitative estimate of drug-likeness (QED) is 0.591. The fraction of sp³-hybridized carbons (Fsp3) is 0.929. The minimum Gasteiger partial charge on any atom is -0.411 e. The third-order valence-corrected chi connectivity index (χ3v) is 5.26. The minimum absolute atomic E-state index is 0.476. The molecule has 0 aromatic rings. The highest BCUT2D eigenvalue weighted by molar-refractivity contribution is 5.94. The Morgan fingerprint density at radius 2 is 2.18 bits per heavy atom. The van der Waals surface area contributed by atoms with Crippen LogP contribution in [0, 0.1) is 11.8 Å². The fourth-order valence-electron chi connectivity index (χ4n) is 4.46. The molecule has 1 heterocycles. The lowest BCUT2D eigenvalue weighted by Gasteiger charge is -2.42. The molecular formula is C14H24N2O. The highest BCUT2D eigenvalue weighted by Crippen LogP contribution is 2.46. The summed E-state index contributed by atoms with van der Waals surface area (Å²) in [6, 6.07) is 1.20. The molecule has 1 aliphatic heterocycles. The molecule has 3 heteroatoms. The zero-order valence-corrected chi connectivity index (χ0v) is 10.8. The zero-order chi connectivity index (χ0) is 11.8. The average Bonchev–Trinajstić information content (AvgIpc) is 2.98. The monoisotopic (exact) mass is 236 g/mol. The van der Waals surface area contributed by atoms with Gasteiger partial charge in [-0.05, 0) is 51.0 Å². The lowest BCUT2D eigenvalue weighted by Crippen LogP contribution is -2.52. The molecule has 2 aliphatic carbocycles. The van der Waals surface area contributed by atoms with Gasteiger partial charge >= 0.3 is 0 Å². The van der Waals surface area contributed by atoms with Crippen LogP contribution < -0.4 is 0 Å². The van der Waals surface area contributed by atoms with E-state index in [1.807, 2.05) is 0 Å². The maximum absolute atomic E-state index is 9.31. The van der Waals surface area contributed by atoms with Crippen molar-refractivity contribution in [2.24, 2.45) is 17.0 Å². The summed E-state index contributed by atoms with van der Waals surface area (Å²) in [4.78, 5) is 2.67. The topological polar surface area (TPSA) is 35.8 Å². The van der Waals surface area contributed by atoms with Crippen LogP contribution in [0.4, 0.5) is 0 Å². The molecule has 4 atom stereocenters. The Balaban J connectivity index is 1.82. The van der Waals surface area contributed by atoms with E-state index in [4.69, 9.17) is 0 Å². The molecule has 3 aliphatic rings. The van der Waals surface area contributed by atoms with E-state index in [1.165, 1.54) is 51.5 Å². The van der Waals surface area contributed by atoms with Gasteiger partial charge in [0, 0.05) is 12.0 Å². The van der Waals surface area contributed by atoms with Crippen molar-refractivity contribution in [3.8, 4) is 0 Å². The third-order valence-electron chi connectivity index (χ3n) is 5.26. The highest BCUT2D eigenvalue weighted by atomic mass is 16.4. The molecule has 3 fully saturated rings. The summed E-state index contributed by atoms with van der Waals surface area (Å²) >= 11 is 0. The Labute approximate surface area is 104 Å².